The van der Waals surface area contributed by atoms with Gasteiger partial charge in [-0.3, -0.25) is 5.01 Å². The third-order valence-corrected chi connectivity index (χ3v) is 2.50. The van der Waals surface area contributed by atoms with Crippen LogP contribution in [0.3, 0.4) is 0 Å². The Hall–Kier alpha value is -1.71. The fourth-order valence-corrected chi connectivity index (χ4v) is 1.59. The van der Waals surface area contributed by atoms with Gasteiger partial charge in [0.2, 0.25) is 0 Å². The number of hydrogen-bond donors (Lipinski definition) is 0. The highest BCUT2D eigenvalue weighted by Crippen LogP contribution is 2.17. The summed E-state index contributed by atoms with van der Waals surface area (Å²) >= 11 is 0. The summed E-state index contributed by atoms with van der Waals surface area (Å²) in [6.45, 7) is 0. The standard InChI is InChI=1S/C11H11FN2O/c1-14-10(7-15)6-11(13-14)8-2-4-9(12)5-3-8/h2-5,7,10H,6H2,1H3. The van der Waals surface area contributed by atoms with Crippen LogP contribution in [0.25, 0.3) is 0 Å². The van der Waals surface area contributed by atoms with E-state index in [2.05, 4.69) is 5.10 Å². The van der Waals surface area contributed by atoms with Gasteiger partial charge < -0.3 is 4.79 Å². The molecule has 1 heterocycles. The van der Waals surface area contributed by atoms with Gasteiger partial charge in [-0.15, -0.1) is 0 Å². The second-order valence-corrected chi connectivity index (χ2v) is 3.53. The second-order valence-electron chi connectivity index (χ2n) is 3.53. The lowest BCUT2D eigenvalue weighted by Gasteiger charge is -2.10. The number of carbonyl (C=O) groups excluding carboxylic acids is 1. The van der Waals surface area contributed by atoms with Crippen molar-refractivity contribution in [3.8, 4) is 0 Å². The largest absolute Gasteiger partial charge is 0.301 e. The van der Waals surface area contributed by atoms with Crippen LogP contribution >= 0.6 is 0 Å². The zero-order valence-electron chi connectivity index (χ0n) is 8.35. The van der Waals surface area contributed by atoms with Gasteiger partial charge in [-0.05, 0) is 17.7 Å². The number of likely N-dealkylation sites (N-methyl/N-ethyl adjacent to an activating group) is 1. The molecule has 15 heavy (non-hydrogen) atoms. The van der Waals surface area contributed by atoms with Crippen LogP contribution in [-0.2, 0) is 4.79 Å². The minimum atomic E-state index is -0.266. The van der Waals surface area contributed by atoms with E-state index in [9.17, 15) is 9.18 Å². The summed E-state index contributed by atoms with van der Waals surface area (Å²) in [5, 5.41) is 5.87. The van der Waals surface area contributed by atoms with Gasteiger partial charge in [0.1, 0.15) is 18.1 Å². The van der Waals surface area contributed by atoms with Crippen LogP contribution in [0, 0.1) is 5.82 Å². The van der Waals surface area contributed by atoms with Gasteiger partial charge in [0, 0.05) is 13.5 Å². The molecule has 1 aromatic carbocycles. The van der Waals surface area contributed by atoms with E-state index in [0.717, 1.165) is 17.6 Å². The molecule has 0 saturated carbocycles. The molecule has 0 fully saturated rings. The van der Waals surface area contributed by atoms with Crippen molar-refractivity contribution < 1.29 is 9.18 Å². The molecule has 0 saturated heterocycles. The summed E-state index contributed by atoms with van der Waals surface area (Å²) in [7, 11) is 1.76. The first kappa shape index (κ1) is 9.83. The van der Waals surface area contributed by atoms with Crippen LogP contribution in [-0.4, -0.2) is 30.1 Å². The van der Waals surface area contributed by atoms with Crippen molar-refractivity contribution in [3.63, 3.8) is 0 Å². The first-order valence-electron chi connectivity index (χ1n) is 4.72. The summed E-state index contributed by atoms with van der Waals surface area (Å²) in [6, 6.07) is 5.95. The predicted octanol–water partition coefficient (Wildman–Crippen LogP) is 1.43. The van der Waals surface area contributed by atoms with Gasteiger partial charge in [0.15, 0.2) is 0 Å². The topological polar surface area (TPSA) is 32.7 Å². The van der Waals surface area contributed by atoms with Gasteiger partial charge >= 0.3 is 0 Å². The van der Waals surface area contributed by atoms with Crippen LogP contribution in [0.5, 0.6) is 0 Å². The molecule has 78 valence electrons. The Labute approximate surface area is 87.2 Å². The molecule has 0 N–H and O–H groups in total. The van der Waals surface area contributed by atoms with Crippen molar-refractivity contribution in [3.05, 3.63) is 35.6 Å². The normalized spacial score (nSPS) is 20.3. The molecule has 2 rings (SSSR count). The number of rotatable bonds is 2. The van der Waals surface area contributed by atoms with Gasteiger partial charge in [0.05, 0.1) is 5.71 Å². The quantitative estimate of drug-likeness (QED) is 0.686. The van der Waals surface area contributed by atoms with Crippen molar-refractivity contribution in [2.24, 2.45) is 5.10 Å². The molecule has 4 heteroatoms. The summed E-state index contributed by atoms with van der Waals surface area (Å²) < 4.78 is 12.7. The Balaban J connectivity index is 2.23. The number of hydrazone groups is 1. The van der Waals surface area contributed by atoms with Gasteiger partial charge in [-0.1, -0.05) is 12.1 Å². The maximum atomic E-state index is 12.7. The van der Waals surface area contributed by atoms with E-state index in [1.165, 1.54) is 12.1 Å². The van der Waals surface area contributed by atoms with Crippen LogP contribution in [0.4, 0.5) is 4.39 Å². The Morgan fingerprint density at radius 3 is 2.67 bits per heavy atom. The third kappa shape index (κ3) is 1.88. The number of aldehydes is 1. The highest BCUT2D eigenvalue weighted by molar-refractivity contribution is 6.03. The summed E-state index contributed by atoms with van der Waals surface area (Å²) in [4.78, 5) is 10.7. The monoisotopic (exact) mass is 206 g/mol. The predicted molar refractivity (Wildman–Crippen MR) is 55.2 cm³/mol. The molecule has 1 unspecified atom stereocenters. The highest BCUT2D eigenvalue weighted by Gasteiger charge is 2.23. The molecular formula is C11H11FN2O. The molecule has 0 bridgehead atoms. The first-order chi connectivity index (χ1) is 7.20. The lowest BCUT2D eigenvalue weighted by Crippen LogP contribution is -2.23. The second kappa shape index (κ2) is 3.81. The SMILES string of the molecule is CN1N=C(c2ccc(F)cc2)CC1C=O. The van der Waals surface area contributed by atoms with E-state index in [4.69, 9.17) is 0 Å². The average molecular weight is 206 g/mol. The van der Waals surface area contributed by atoms with Crippen LogP contribution in [0.15, 0.2) is 29.4 Å². The number of benzene rings is 1. The average Bonchev–Trinajstić information content (AvgIpc) is 2.61. The third-order valence-electron chi connectivity index (χ3n) is 2.50. The Kier molecular flexibility index (Phi) is 2.49. The van der Waals surface area contributed by atoms with E-state index < -0.39 is 0 Å². The van der Waals surface area contributed by atoms with E-state index in [-0.39, 0.29) is 11.9 Å². The molecule has 0 amide bonds. The van der Waals surface area contributed by atoms with Crippen LogP contribution in [0.1, 0.15) is 12.0 Å². The minimum absolute atomic E-state index is 0.190. The molecule has 1 aromatic rings. The number of halogens is 1. The zero-order valence-corrected chi connectivity index (χ0v) is 8.35. The van der Waals surface area contributed by atoms with Gasteiger partial charge in [-0.2, -0.15) is 5.10 Å². The molecule has 0 aromatic heterocycles. The summed E-state index contributed by atoms with van der Waals surface area (Å²) in [5.74, 6) is -0.266. The summed E-state index contributed by atoms with van der Waals surface area (Å²) in [5.41, 5.74) is 1.70. The van der Waals surface area contributed by atoms with Gasteiger partial charge in [-0.25, -0.2) is 4.39 Å². The van der Waals surface area contributed by atoms with Crippen molar-refractivity contribution in [1.29, 1.82) is 0 Å². The fourth-order valence-electron chi connectivity index (χ4n) is 1.59. The van der Waals surface area contributed by atoms with E-state index in [0.29, 0.717) is 6.42 Å². The molecule has 1 aliphatic heterocycles. The first-order valence-corrected chi connectivity index (χ1v) is 4.72. The smallest absolute Gasteiger partial charge is 0.144 e. The number of hydrogen-bond acceptors (Lipinski definition) is 3. The molecule has 3 nitrogen and oxygen atoms in total. The Bertz CT molecular complexity index is 400. The summed E-state index contributed by atoms with van der Waals surface area (Å²) in [6.07, 6.45) is 1.46. The van der Waals surface area contributed by atoms with Crippen molar-refractivity contribution >= 4 is 12.0 Å². The Morgan fingerprint density at radius 1 is 1.47 bits per heavy atom. The van der Waals surface area contributed by atoms with E-state index in [1.807, 2.05) is 0 Å². The highest BCUT2D eigenvalue weighted by atomic mass is 19.1. The maximum absolute atomic E-state index is 12.7. The number of carbonyl (C=O) groups is 1. The van der Waals surface area contributed by atoms with E-state index >= 15 is 0 Å². The van der Waals surface area contributed by atoms with Gasteiger partial charge in [0.25, 0.3) is 0 Å². The molecule has 0 radical (unpaired) electrons. The fraction of sp³-hybridized carbons (Fsp3) is 0.273. The zero-order chi connectivity index (χ0) is 10.8. The minimum Gasteiger partial charge on any atom is -0.301 e. The van der Waals surface area contributed by atoms with Crippen molar-refractivity contribution in [1.82, 2.24) is 5.01 Å². The Morgan fingerprint density at radius 2 is 2.13 bits per heavy atom. The lowest BCUT2D eigenvalue weighted by molar-refractivity contribution is -0.111. The van der Waals surface area contributed by atoms with Crippen molar-refractivity contribution in [2.45, 2.75) is 12.5 Å². The number of nitrogens with zero attached hydrogens (tertiary/aromatic N) is 2. The van der Waals surface area contributed by atoms with Crippen LogP contribution in [0.2, 0.25) is 0 Å². The molecular weight excluding hydrogens is 195 g/mol. The molecule has 0 aliphatic carbocycles. The van der Waals surface area contributed by atoms with Crippen LogP contribution < -0.4 is 0 Å². The molecule has 0 spiro atoms. The molecule has 1 aliphatic rings. The maximum Gasteiger partial charge on any atom is 0.144 e. The molecule has 1 atom stereocenters. The van der Waals surface area contributed by atoms with E-state index in [1.54, 1.807) is 24.2 Å². The van der Waals surface area contributed by atoms with Crippen molar-refractivity contribution in [2.75, 3.05) is 7.05 Å². The lowest BCUT2D eigenvalue weighted by atomic mass is 10.1.